The summed E-state index contributed by atoms with van der Waals surface area (Å²) in [5, 5.41) is 0. The van der Waals surface area contributed by atoms with Crippen molar-refractivity contribution in [3.8, 4) is 0 Å². The van der Waals surface area contributed by atoms with Crippen molar-refractivity contribution in [1.82, 2.24) is 0 Å². The van der Waals surface area contributed by atoms with Crippen molar-refractivity contribution in [2.45, 2.75) is 25.7 Å². The minimum Gasteiger partial charge on any atom is -0.381 e. The van der Waals surface area contributed by atoms with Crippen LogP contribution in [0.2, 0.25) is 0 Å². The predicted molar refractivity (Wildman–Crippen MR) is 44.4 cm³/mol. The van der Waals surface area contributed by atoms with Crippen molar-refractivity contribution in [2.75, 3.05) is 13.2 Å². The van der Waals surface area contributed by atoms with Crippen LogP contribution in [0.3, 0.4) is 0 Å². The lowest BCUT2D eigenvalue weighted by molar-refractivity contribution is -0.146. The maximum Gasteiger partial charge on any atom is 0.224 e. The van der Waals surface area contributed by atoms with Crippen LogP contribution < -0.4 is 5.73 Å². The predicted octanol–water partition coefficient (Wildman–Crippen LogP) is 0.678. The molecule has 0 bridgehead atoms. The van der Waals surface area contributed by atoms with E-state index in [1.54, 1.807) is 0 Å². The largest absolute Gasteiger partial charge is 0.381 e. The Labute approximate surface area is 72.3 Å². The van der Waals surface area contributed by atoms with Gasteiger partial charge in [0.1, 0.15) is 0 Å². The highest BCUT2D eigenvalue weighted by Crippen LogP contribution is 2.46. The molecule has 3 nitrogen and oxygen atoms in total. The first-order chi connectivity index (χ1) is 5.76. The second kappa shape index (κ2) is 2.73. The van der Waals surface area contributed by atoms with E-state index in [4.69, 9.17) is 10.5 Å². The second-order valence-electron chi connectivity index (χ2n) is 3.96. The zero-order chi connectivity index (χ0) is 8.60. The van der Waals surface area contributed by atoms with E-state index in [0.29, 0.717) is 5.92 Å². The number of nitrogens with two attached hydrogens (primary N) is 1. The lowest BCUT2D eigenvalue weighted by Gasteiger charge is -2.40. The number of ether oxygens (including phenoxy) is 1. The van der Waals surface area contributed by atoms with E-state index in [0.717, 1.165) is 38.9 Å². The number of carbonyl (C=O) groups excluding carboxylic acids is 1. The average Bonchev–Trinajstić information content (AvgIpc) is 2.33. The molecule has 1 aliphatic carbocycles. The summed E-state index contributed by atoms with van der Waals surface area (Å²) in [6, 6.07) is 0. The Morgan fingerprint density at radius 2 is 1.92 bits per heavy atom. The van der Waals surface area contributed by atoms with E-state index < -0.39 is 0 Å². The molecule has 0 aromatic heterocycles. The third-order valence-corrected chi connectivity index (χ3v) is 3.41. The molecule has 2 N–H and O–H groups in total. The first-order valence-electron chi connectivity index (χ1n) is 4.63. The molecule has 0 atom stereocenters. The highest BCUT2D eigenvalue weighted by Gasteiger charge is 2.49. The van der Waals surface area contributed by atoms with Crippen molar-refractivity contribution in [3.05, 3.63) is 0 Å². The van der Waals surface area contributed by atoms with Crippen LogP contribution in [0.4, 0.5) is 0 Å². The number of amides is 1. The monoisotopic (exact) mass is 169 g/mol. The molecule has 1 heterocycles. The fourth-order valence-electron chi connectivity index (χ4n) is 2.42. The fraction of sp³-hybridized carbons (Fsp3) is 0.889. The molecule has 0 spiro atoms. The number of hydrogen-bond donors (Lipinski definition) is 1. The van der Waals surface area contributed by atoms with Crippen molar-refractivity contribution >= 4 is 5.91 Å². The topological polar surface area (TPSA) is 52.3 Å². The maximum absolute atomic E-state index is 11.3. The molecule has 0 radical (unpaired) electrons. The van der Waals surface area contributed by atoms with E-state index in [1.165, 1.54) is 0 Å². The quantitative estimate of drug-likeness (QED) is 0.660. The SMILES string of the molecule is NC(=O)C1(C2COC2)CCCC1. The van der Waals surface area contributed by atoms with Crippen LogP contribution in [-0.4, -0.2) is 19.1 Å². The van der Waals surface area contributed by atoms with Crippen LogP contribution in [0.15, 0.2) is 0 Å². The average molecular weight is 169 g/mol. The van der Waals surface area contributed by atoms with Crippen molar-refractivity contribution < 1.29 is 9.53 Å². The van der Waals surface area contributed by atoms with Crippen molar-refractivity contribution in [2.24, 2.45) is 17.1 Å². The van der Waals surface area contributed by atoms with Crippen LogP contribution >= 0.6 is 0 Å². The molecular weight excluding hydrogens is 154 g/mol. The van der Waals surface area contributed by atoms with Gasteiger partial charge in [-0.05, 0) is 12.8 Å². The van der Waals surface area contributed by atoms with Gasteiger partial charge in [-0.1, -0.05) is 12.8 Å². The van der Waals surface area contributed by atoms with E-state index in [1.807, 2.05) is 0 Å². The number of rotatable bonds is 2. The van der Waals surface area contributed by atoms with Crippen molar-refractivity contribution in [3.63, 3.8) is 0 Å². The standard InChI is InChI=1S/C9H15NO2/c10-8(11)9(3-1-2-4-9)7-5-12-6-7/h7H,1-6H2,(H2,10,11). The number of carbonyl (C=O) groups is 1. The van der Waals surface area contributed by atoms with E-state index in [-0.39, 0.29) is 11.3 Å². The minimum absolute atomic E-state index is 0.103. The molecular formula is C9H15NO2. The summed E-state index contributed by atoms with van der Waals surface area (Å²) in [6.07, 6.45) is 4.27. The Bertz CT molecular complexity index is 193. The van der Waals surface area contributed by atoms with Crippen LogP contribution in [0, 0.1) is 11.3 Å². The number of primary amides is 1. The Morgan fingerprint density at radius 1 is 1.33 bits per heavy atom. The molecule has 68 valence electrons. The lowest BCUT2D eigenvalue weighted by atomic mass is 9.72. The third-order valence-electron chi connectivity index (χ3n) is 3.41. The van der Waals surface area contributed by atoms with E-state index >= 15 is 0 Å². The Balaban J connectivity index is 2.14. The van der Waals surface area contributed by atoms with E-state index in [9.17, 15) is 4.79 Å². The Hall–Kier alpha value is -0.570. The fourth-order valence-corrected chi connectivity index (χ4v) is 2.42. The maximum atomic E-state index is 11.3. The molecule has 1 saturated heterocycles. The van der Waals surface area contributed by atoms with Crippen LogP contribution in [0.5, 0.6) is 0 Å². The van der Waals surface area contributed by atoms with Gasteiger partial charge in [0.25, 0.3) is 0 Å². The minimum atomic E-state index is -0.196. The third kappa shape index (κ3) is 0.959. The number of hydrogen-bond acceptors (Lipinski definition) is 2. The summed E-state index contributed by atoms with van der Waals surface area (Å²) in [4.78, 5) is 11.3. The van der Waals surface area contributed by atoms with Gasteiger partial charge in [0.2, 0.25) is 5.91 Å². The van der Waals surface area contributed by atoms with Gasteiger partial charge < -0.3 is 10.5 Å². The summed E-state index contributed by atoms with van der Waals surface area (Å²) in [6.45, 7) is 1.48. The highest BCUT2D eigenvalue weighted by molar-refractivity contribution is 5.81. The first-order valence-corrected chi connectivity index (χ1v) is 4.63. The summed E-state index contributed by atoms with van der Waals surface area (Å²) in [5.41, 5.74) is 5.25. The van der Waals surface area contributed by atoms with Gasteiger partial charge in [0, 0.05) is 5.92 Å². The van der Waals surface area contributed by atoms with Gasteiger partial charge in [-0.2, -0.15) is 0 Å². The molecule has 1 saturated carbocycles. The van der Waals surface area contributed by atoms with Gasteiger partial charge in [0.15, 0.2) is 0 Å². The molecule has 12 heavy (non-hydrogen) atoms. The highest BCUT2D eigenvalue weighted by atomic mass is 16.5. The van der Waals surface area contributed by atoms with Gasteiger partial charge in [-0.15, -0.1) is 0 Å². The molecule has 1 aliphatic heterocycles. The molecule has 2 rings (SSSR count). The van der Waals surface area contributed by atoms with Gasteiger partial charge in [-0.25, -0.2) is 0 Å². The first kappa shape index (κ1) is 8.05. The zero-order valence-electron chi connectivity index (χ0n) is 7.21. The summed E-state index contributed by atoms with van der Waals surface area (Å²) in [5.74, 6) is 0.311. The molecule has 0 unspecified atom stereocenters. The lowest BCUT2D eigenvalue weighted by Crippen LogP contribution is -2.49. The van der Waals surface area contributed by atoms with Crippen molar-refractivity contribution in [1.29, 1.82) is 0 Å². The molecule has 1 amide bonds. The van der Waals surface area contributed by atoms with Gasteiger partial charge in [-0.3, -0.25) is 4.79 Å². The smallest absolute Gasteiger partial charge is 0.224 e. The van der Waals surface area contributed by atoms with Gasteiger partial charge >= 0.3 is 0 Å². The molecule has 0 aromatic rings. The van der Waals surface area contributed by atoms with E-state index in [2.05, 4.69) is 0 Å². The summed E-state index contributed by atoms with van der Waals surface area (Å²) in [7, 11) is 0. The molecule has 2 aliphatic rings. The van der Waals surface area contributed by atoms with Crippen LogP contribution in [0.25, 0.3) is 0 Å². The zero-order valence-corrected chi connectivity index (χ0v) is 7.21. The second-order valence-corrected chi connectivity index (χ2v) is 3.96. The Kier molecular flexibility index (Phi) is 1.83. The van der Waals surface area contributed by atoms with Crippen LogP contribution in [0.1, 0.15) is 25.7 Å². The molecule has 3 heteroatoms. The molecule has 2 fully saturated rings. The van der Waals surface area contributed by atoms with Crippen LogP contribution in [-0.2, 0) is 9.53 Å². The summed E-state index contributed by atoms with van der Waals surface area (Å²) < 4.78 is 5.11. The van der Waals surface area contributed by atoms with Gasteiger partial charge in [0.05, 0.1) is 18.6 Å². The Morgan fingerprint density at radius 3 is 2.25 bits per heavy atom. The normalized spacial score (nSPS) is 28.3. The molecule has 0 aromatic carbocycles. The summed E-state index contributed by atoms with van der Waals surface area (Å²) >= 11 is 0.